The van der Waals surface area contributed by atoms with Crippen LogP contribution in [0.25, 0.3) is 4.72 Å². The number of rotatable bonds is 1. The van der Waals surface area contributed by atoms with E-state index in [1.165, 1.54) is 0 Å². The van der Waals surface area contributed by atoms with Crippen molar-refractivity contribution in [2.75, 3.05) is 0 Å². The third-order valence-corrected chi connectivity index (χ3v) is 1.01. The van der Waals surface area contributed by atoms with Gasteiger partial charge in [-0.3, -0.25) is 17.8 Å². The molecule has 0 bridgehead atoms. The van der Waals surface area contributed by atoms with Crippen molar-refractivity contribution in [2.45, 2.75) is 0 Å². The van der Waals surface area contributed by atoms with Crippen LogP contribution in [0.4, 0.5) is 5.69 Å². The maximum Gasteiger partial charge on any atom is 1.00 e. The summed E-state index contributed by atoms with van der Waals surface area (Å²) in [7, 11) is 0. The summed E-state index contributed by atoms with van der Waals surface area (Å²) in [6.45, 7) is 0. The zero-order valence-corrected chi connectivity index (χ0v) is 12.3. The summed E-state index contributed by atoms with van der Waals surface area (Å²) in [4.78, 5) is 3.80. The van der Waals surface area contributed by atoms with Gasteiger partial charge in [-0.25, -0.2) is 0 Å². The molecule has 0 aromatic carbocycles. The number of aromatic nitrogens is 1. The molecule has 0 N–H and O–H groups in total. The molecular formula is C5H5CsN2S. The van der Waals surface area contributed by atoms with Crippen LogP contribution in [0.1, 0.15) is 0 Å². The second-order valence-corrected chi connectivity index (χ2v) is 1.51. The van der Waals surface area contributed by atoms with Crippen LogP contribution in [0.2, 0.25) is 0 Å². The van der Waals surface area contributed by atoms with Crippen molar-refractivity contribution in [3.8, 4) is 0 Å². The van der Waals surface area contributed by atoms with Crippen LogP contribution in [0.3, 0.4) is 0 Å². The number of hydrogen-bond donors (Lipinski definition) is 1. The van der Waals surface area contributed by atoms with E-state index in [2.05, 4.69) is 22.5 Å². The second-order valence-electron chi connectivity index (χ2n) is 1.31. The maximum atomic E-state index is 3.80. The fourth-order valence-corrected chi connectivity index (χ4v) is 0.544. The van der Waals surface area contributed by atoms with E-state index in [1.807, 2.05) is 0 Å². The van der Waals surface area contributed by atoms with Gasteiger partial charge < -0.3 is 4.72 Å². The minimum Gasteiger partial charge on any atom is -0.634 e. The van der Waals surface area contributed by atoms with Crippen molar-refractivity contribution in [3.05, 3.63) is 29.2 Å². The van der Waals surface area contributed by atoms with Crippen LogP contribution in [-0.2, 0) is 0 Å². The first-order valence-corrected chi connectivity index (χ1v) is 2.58. The maximum absolute atomic E-state index is 3.80. The van der Waals surface area contributed by atoms with Crippen molar-refractivity contribution < 1.29 is 68.9 Å². The van der Waals surface area contributed by atoms with E-state index in [-0.39, 0.29) is 68.9 Å². The molecule has 0 radical (unpaired) electrons. The Morgan fingerprint density at radius 1 is 1.33 bits per heavy atom. The third kappa shape index (κ3) is 3.92. The Kier molecular flexibility index (Phi) is 7.00. The fourth-order valence-electron chi connectivity index (χ4n) is 0.411. The van der Waals surface area contributed by atoms with Gasteiger partial charge in [-0.2, -0.15) is 0 Å². The zero-order valence-electron chi connectivity index (χ0n) is 5.15. The van der Waals surface area contributed by atoms with Gasteiger partial charge in [-0.1, -0.05) is 12.1 Å². The SMILES string of the molecule is S[N-]c1ccncc1.[Cs+]. The van der Waals surface area contributed by atoms with Crippen molar-refractivity contribution in [3.63, 3.8) is 0 Å². The molecule has 0 amide bonds. The van der Waals surface area contributed by atoms with Crippen LogP contribution >= 0.6 is 12.8 Å². The predicted molar refractivity (Wildman–Crippen MR) is 36.2 cm³/mol. The third-order valence-electron chi connectivity index (χ3n) is 0.778. The molecule has 0 aliphatic rings. The molecule has 1 aromatic heterocycles. The molecule has 0 fully saturated rings. The Morgan fingerprint density at radius 2 is 1.89 bits per heavy atom. The first-order valence-electron chi connectivity index (χ1n) is 2.18. The van der Waals surface area contributed by atoms with E-state index in [1.54, 1.807) is 24.5 Å². The number of hydrogen-bond acceptors (Lipinski definition) is 2. The first-order chi connectivity index (χ1) is 3.93. The molecule has 0 saturated carbocycles. The molecule has 0 aliphatic heterocycles. The minimum absolute atomic E-state index is 0. The topological polar surface area (TPSA) is 27.0 Å². The van der Waals surface area contributed by atoms with E-state index < -0.39 is 0 Å². The van der Waals surface area contributed by atoms with Crippen LogP contribution in [0.5, 0.6) is 0 Å². The van der Waals surface area contributed by atoms with Gasteiger partial charge >= 0.3 is 68.9 Å². The summed E-state index contributed by atoms with van der Waals surface area (Å²) in [5.74, 6) is 0. The number of pyridine rings is 1. The first kappa shape index (κ1) is 10.4. The van der Waals surface area contributed by atoms with Gasteiger partial charge in [0.25, 0.3) is 0 Å². The Hall–Kier alpha value is 1.35. The van der Waals surface area contributed by atoms with E-state index in [9.17, 15) is 0 Å². The molecular weight excluding hydrogens is 253 g/mol. The summed E-state index contributed by atoms with van der Waals surface area (Å²) in [6.07, 6.45) is 3.35. The van der Waals surface area contributed by atoms with Crippen molar-refractivity contribution in [1.82, 2.24) is 4.98 Å². The number of thiol groups is 1. The Balaban J connectivity index is 0.000000640. The summed E-state index contributed by atoms with van der Waals surface area (Å²) >= 11 is 3.71. The normalized spacial score (nSPS) is 7.67. The molecule has 2 nitrogen and oxygen atoms in total. The van der Waals surface area contributed by atoms with Crippen LogP contribution < -0.4 is 68.9 Å². The Labute approximate surface area is 119 Å². The van der Waals surface area contributed by atoms with Crippen molar-refractivity contribution >= 4 is 18.5 Å². The summed E-state index contributed by atoms with van der Waals surface area (Å²) in [5.41, 5.74) is 0.836. The van der Waals surface area contributed by atoms with E-state index >= 15 is 0 Å². The molecule has 9 heavy (non-hydrogen) atoms. The smallest absolute Gasteiger partial charge is 0.634 e. The Bertz CT molecular complexity index is 156. The molecule has 1 aromatic rings. The summed E-state index contributed by atoms with van der Waals surface area (Å²) in [5, 5.41) is 0. The van der Waals surface area contributed by atoms with Gasteiger partial charge in [-0.05, 0) is 0 Å². The summed E-state index contributed by atoms with van der Waals surface area (Å²) in [6, 6.07) is 3.57. The minimum atomic E-state index is 0. The second kappa shape index (κ2) is 6.09. The molecule has 0 saturated heterocycles. The average Bonchev–Trinajstić information content (AvgIpc) is 1.90. The average molecular weight is 258 g/mol. The van der Waals surface area contributed by atoms with Crippen molar-refractivity contribution in [1.29, 1.82) is 0 Å². The number of nitrogens with zero attached hydrogens (tertiary/aromatic N) is 2. The van der Waals surface area contributed by atoms with Crippen LogP contribution in [-0.4, -0.2) is 4.98 Å². The Morgan fingerprint density at radius 3 is 2.22 bits per heavy atom. The van der Waals surface area contributed by atoms with Crippen molar-refractivity contribution in [2.24, 2.45) is 0 Å². The molecule has 0 unspecified atom stereocenters. The molecule has 0 aliphatic carbocycles. The standard InChI is InChI=1S/C5H5N2S.Cs/c8-7-5-1-3-6-4-2-5;/h1-4H,(H-,6,7,8);/q-1;+1. The van der Waals surface area contributed by atoms with Gasteiger partial charge in [0.1, 0.15) is 0 Å². The summed E-state index contributed by atoms with van der Waals surface area (Å²) < 4.78 is 3.62. The monoisotopic (exact) mass is 258 g/mol. The van der Waals surface area contributed by atoms with E-state index in [4.69, 9.17) is 0 Å². The van der Waals surface area contributed by atoms with E-state index in [0.29, 0.717) is 0 Å². The van der Waals surface area contributed by atoms with Crippen LogP contribution in [0, 0.1) is 0 Å². The molecule has 4 heteroatoms. The molecule has 1 heterocycles. The zero-order chi connectivity index (χ0) is 5.82. The molecule has 0 atom stereocenters. The molecule has 42 valence electrons. The molecule has 0 spiro atoms. The van der Waals surface area contributed by atoms with E-state index in [0.717, 1.165) is 5.69 Å². The van der Waals surface area contributed by atoms with Crippen LogP contribution in [0.15, 0.2) is 24.5 Å². The van der Waals surface area contributed by atoms with Gasteiger partial charge in [-0.15, -0.1) is 5.69 Å². The van der Waals surface area contributed by atoms with Gasteiger partial charge in [0.05, 0.1) is 0 Å². The largest absolute Gasteiger partial charge is 1.00 e. The fraction of sp³-hybridized carbons (Fsp3) is 0. The quantitative estimate of drug-likeness (QED) is 0.638. The van der Waals surface area contributed by atoms with Gasteiger partial charge in [0.2, 0.25) is 0 Å². The molecule has 1 rings (SSSR count). The predicted octanol–water partition coefficient (Wildman–Crippen LogP) is -1.06. The van der Waals surface area contributed by atoms with Gasteiger partial charge in [0, 0.05) is 12.4 Å². The van der Waals surface area contributed by atoms with Gasteiger partial charge in [0.15, 0.2) is 0 Å².